The van der Waals surface area contributed by atoms with E-state index in [4.69, 9.17) is 9.15 Å². The molecular weight excluding hydrogens is 374 g/mol. The van der Waals surface area contributed by atoms with Crippen molar-refractivity contribution in [2.75, 3.05) is 13.7 Å². The van der Waals surface area contributed by atoms with Crippen LogP contribution in [0.4, 0.5) is 0 Å². The van der Waals surface area contributed by atoms with Gasteiger partial charge in [-0.05, 0) is 24.3 Å². The highest BCUT2D eigenvalue weighted by molar-refractivity contribution is 7.89. The Morgan fingerprint density at radius 1 is 1.19 bits per heavy atom. The van der Waals surface area contributed by atoms with E-state index in [9.17, 15) is 8.42 Å². The van der Waals surface area contributed by atoms with Gasteiger partial charge >= 0.3 is 0 Å². The topological polar surface area (TPSA) is 94.3 Å². The molecule has 26 heavy (non-hydrogen) atoms. The number of aromatic nitrogens is 2. The molecule has 2 aromatic heterocycles. The molecule has 2 aromatic carbocycles. The molecule has 0 radical (unpaired) electrons. The van der Waals surface area contributed by atoms with Crippen molar-refractivity contribution in [2.45, 2.75) is 11.0 Å². The third kappa shape index (κ3) is 3.10. The maximum Gasteiger partial charge on any atom is 0.242 e. The molecule has 0 aliphatic rings. The van der Waals surface area contributed by atoms with E-state index >= 15 is 0 Å². The Labute approximate surface area is 154 Å². The highest BCUT2D eigenvalue weighted by Gasteiger charge is 2.23. The summed E-state index contributed by atoms with van der Waals surface area (Å²) in [7, 11) is -2.26. The van der Waals surface area contributed by atoms with Crippen molar-refractivity contribution < 1.29 is 17.6 Å². The standard InChI is InChI=1S/C17H15N3O4S2/c1-23-15(14-9-11-5-2-3-7-13(11)24-14)10-18-26(21,22)16-8-4-6-12-17(16)20-25-19-12/h2-9,15,18H,10H2,1H3/t15-/m1/s1. The molecule has 0 saturated carbocycles. The lowest BCUT2D eigenvalue weighted by atomic mass is 10.2. The Hall–Kier alpha value is -2.33. The summed E-state index contributed by atoms with van der Waals surface area (Å²) in [6.45, 7) is 0.0343. The second-order valence-electron chi connectivity index (χ2n) is 5.65. The van der Waals surface area contributed by atoms with Gasteiger partial charge in [-0.15, -0.1) is 0 Å². The lowest BCUT2D eigenvalue weighted by molar-refractivity contribution is 0.0893. The van der Waals surface area contributed by atoms with Crippen LogP contribution in [0.3, 0.4) is 0 Å². The number of benzene rings is 2. The Morgan fingerprint density at radius 2 is 2.04 bits per heavy atom. The van der Waals surface area contributed by atoms with Crippen LogP contribution in [0.5, 0.6) is 0 Å². The third-order valence-electron chi connectivity index (χ3n) is 4.04. The van der Waals surface area contributed by atoms with Crippen molar-refractivity contribution in [3.05, 3.63) is 54.3 Å². The van der Waals surface area contributed by atoms with Gasteiger partial charge in [0, 0.05) is 19.0 Å². The van der Waals surface area contributed by atoms with Gasteiger partial charge in [0.1, 0.15) is 33.4 Å². The molecule has 0 aliphatic heterocycles. The molecule has 2 heterocycles. The van der Waals surface area contributed by atoms with Crippen LogP contribution in [0.25, 0.3) is 22.0 Å². The fourth-order valence-corrected chi connectivity index (χ4v) is 4.52. The molecule has 4 rings (SSSR count). The minimum atomic E-state index is -3.77. The van der Waals surface area contributed by atoms with Gasteiger partial charge in [-0.2, -0.15) is 8.75 Å². The highest BCUT2D eigenvalue weighted by atomic mass is 32.2. The normalized spacial score (nSPS) is 13.4. The zero-order valence-corrected chi connectivity index (χ0v) is 15.4. The van der Waals surface area contributed by atoms with Crippen molar-refractivity contribution in [1.29, 1.82) is 0 Å². The average molecular weight is 389 g/mol. The summed E-state index contributed by atoms with van der Waals surface area (Å²) in [5.74, 6) is 0.560. The second kappa shape index (κ2) is 6.76. The largest absolute Gasteiger partial charge is 0.458 e. The summed E-state index contributed by atoms with van der Waals surface area (Å²) in [4.78, 5) is 0.100. The summed E-state index contributed by atoms with van der Waals surface area (Å²) >= 11 is 0.979. The molecule has 0 unspecified atom stereocenters. The Kier molecular flexibility index (Phi) is 4.45. The minimum Gasteiger partial charge on any atom is -0.458 e. The first-order valence-electron chi connectivity index (χ1n) is 7.81. The zero-order valence-electron chi connectivity index (χ0n) is 13.7. The average Bonchev–Trinajstić information content (AvgIpc) is 3.28. The molecule has 0 amide bonds. The minimum absolute atomic E-state index is 0.0343. The number of nitrogens with zero attached hydrogens (tertiary/aromatic N) is 2. The number of methoxy groups -OCH3 is 1. The molecule has 7 nitrogen and oxygen atoms in total. The van der Waals surface area contributed by atoms with Crippen molar-refractivity contribution >= 4 is 43.8 Å². The van der Waals surface area contributed by atoms with Crippen LogP contribution in [0.15, 0.2) is 57.8 Å². The van der Waals surface area contributed by atoms with Crippen LogP contribution in [0.2, 0.25) is 0 Å². The first-order chi connectivity index (χ1) is 12.6. The van der Waals surface area contributed by atoms with E-state index in [0.29, 0.717) is 16.8 Å². The predicted molar refractivity (Wildman–Crippen MR) is 98.6 cm³/mol. The molecule has 4 aromatic rings. The number of para-hydroxylation sites is 1. The molecule has 134 valence electrons. The van der Waals surface area contributed by atoms with Gasteiger partial charge in [-0.25, -0.2) is 13.1 Å². The van der Waals surface area contributed by atoms with Gasteiger partial charge in [0.25, 0.3) is 0 Å². The van der Waals surface area contributed by atoms with Gasteiger partial charge in [0.05, 0.1) is 11.7 Å². The van der Waals surface area contributed by atoms with Crippen molar-refractivity contribution in [3.8, 4) is 0 Å². The summed E-state index contributed by atoms with van der Waals surface area (Å²) in [5, 5.41) is 0.936. The Balaban J connectivity index is 1.59. The number of hydrogen-bond acceptors (Lipinski definition) is 7. The molecule has 0 saturated heterocycles. The first-order valence-corrected chi connectivity index (χ1v) is 10.0. The highest BCUT2D eigenvalue weighted by Crippen LogP contribution is 2.26. The Morgan fingerprint density at radius 3 is 2.85 bits per heavy atom. The van der Waals surface area contributed by atoms with Crippen LogP contribution in [0, 0.1) is 0 Å². The fraction of sp³-hybridized carbons (Fsp3) is 0.176. The summed E-state index contributed by atoms with van der Waals surface area (Å²) < 4.78 is 47.3. The van der Waals surface area contributed by atoms with Crippen molar-refractivity contribution in [1.82, 2.24) is 13.5 Å². The lowest BCUT2D eigenvalue weighted by Gasteiger charge is -2.14. The van der Waals surface area contributed by atoms with Gasteiger partial charge in [0.15, 0.2) is 0 Å². The maximum atomic E-state index is 12.7. The number of nitrogens with one attached hydrogen (secondary N) is 1. The van der Waals surface area contributed by atoms with Crippen molar-refractivity contribution in [2.24, 2.45) is 0 Å². The molecule has 0 aliphatic carbocycles. The number of sulfonamides is 1. The van der Waals surface area contributed by atoms with Gasteiger partial charge in [-0.3, -0.25) is 0 Å². The maximum absolute atomic E-state index is 12.7. The lowest BCUT2D eigenvalue weighted by Crippen LogP contribution is -2.29. The van der Waals surface area contributed by atoms with Crippen molar-refractivity contribution in [3.63, 3.8) is 0 Å². The van der Waals surface area contributed by atoms with Crippen LogP contribution >= 0.6 is 11.7 Å². The number of hydrogen-bond donors (Lipinski definition) is 1. The Bertz CT molecular complexity index is 1130. The van der Waals surface area contributed by atoms with E-state index in [1.165, 1.54) is 13.2 Å². The van der Waals surface area contributed by atoms with Gasteiger partial charge in [-0.1, -0.05) is 24.3 Å². The fourth-order valence-electron chi connectivity index (χ4n) is 2.72. The van der Waals surface area contributed by atoms with E-state index in [0.717, 1.165) is 22.7 Å². The SMILES string of the molecule is CO[C@H](CNS(=O)(=O)c1cccc2nsnc12)c1cc2ccccc2o1. The summed E-state index contributed by atoms with van der Waals surface area (Å²) in [6, 6.07) is 14.3. The van der Waals surface area contributed by atoms with Crippen LogP contribution in [-0.4, -0.2) is 30.8 Å². The summed E-state index contributed by atoms with van der Waals surface area (Å²) in [6.07, 6.45) is -0.551. The van der Waals surface area contributed by atoms with E-state index in [1.807, 2.05) is 30.3 Å². The molecule has 9 heteroatoms. The molecule has 0 spiro atoms. The van der Waals surface area contributed by atoms with Crippen LogP contribution in [-0.2, 0) is 14.8 Å². The van der Waals surface area contributed by atoms with E-state index < -0.39 is 16.1 Å². The molecule has 0 fully saturated rings. The predicted octanol–water partition coefficient (Wildman–Crippen LogP) is 3.10. The van der Waals surface area contributed by atoms with Gasteiger partial charge in [0.2, 0.25) is 10.0 Å². The molecule has 0 bridgehead atoms. The monoisotopic (exact) mass is 389 g/mol. The molecule has 1 N–H and O–H groups in total. The summed E-state index contributed by atoms with van der Waals surface area (Å²) in [5.41, 5.74) is 1.65. The van der Waals surface area contributed by atoms with E-state index in [1.54, 1.807) is 12.1 Å². The number of furan rings is 1. The third-order valence-corrected chi connectivity index (χ3v) is 6.04. The van der Waals surface area contributed by atoms with Crippen LogP contribution in [0.1, 0.15) is 11.9 Å². The van der Waals surface area contributed by atoms with Crippen LogP contribution < -0.4 is 4.72 Å². The quantitative estimate of drug-likeness (QED) is 0.544. The number of ether oxygens (including phenoxy) is 1. The van der Waals surface area contributed by atoms with Gasteiger partial charge < -0.3 is 9.15 Å². The zero-order chi connectivity index (χ0) is 18.1. The van der Waals surface area contributed by atoms with E-state index in [2.05, 4.69) is 13.5 Å². The number of rotatable bonds is 6. The van der Waals surface area contributed by atoms with E-state index in [-0.39, 0.29) is 11.4 Å². The second-order valence-corrected chi connectivity index (χ2v) is 7.91. The number of fused-ring (bicyclic) bond motifs is 2. The molecular formula is C17H15N3O4S2. The smallest absolute Gasteiger partial charge is 0.242 e. The first kappa shape index (κ1) is 17.1. The molecule has 1 atom stereocenters.